The zero-order valence-electron chi connectivity index (χ0n) is 16.4. The van der Waals surface area contributed by atoms with Gasteiger partial charge in [0.25, 0.3) is 0 Å². The summed E-state index contributed by atoms with van der Waals surface area (Å²) in [5.74, 6) is -1.65. The molecule has 5 heteroatoms. The molecule has 29 heavy (non-hydrogen) atoms. The molecule has 0 N–H and O–H groups in total. The Labute approximate surface area is 170 Å². The standard InChI is InChI=1S/C24H24O5/c1-28-23(26)21-18-11-12-19(13-18)22(21)24(27)29-14-20(25)17-9-7-16(8-10-17)15-5-3-2-4-6-15/h2-10,18-19,21-22H,11-14H2,1H3/t18-,19+,21+,22+/m0/s1. The third-order valence-electron chi connectivity index (χ3n) is 6.32. The quantitative estimate of drug-likeness (QED) is 0.551. The molecule has 0 aliphatic heterocycles. The van der Waals surface area contributed by atoms with Gasteiger partial charge in [0, 0.05) is 5.56 Å². The van der Waals surface area contributed by atoms with Crippen molar-refractivity contribution >= 4 is 17.7 Å². The number of fused-ring (bicyclic) bond motifs is 2. The number of benzene rings is 2. The minimum Gasteiger partial charge on any atom is -0.469 e. The number of hydrogen-bond acceptors (Lipinski definition) is 5. The largest absolute Gasteiger partial charge is 0.469 e. The molecule has 150 valence electrons. The van der Waals surface area contributed by atoms with E-state index >= 15 is 0 Å². The summed E-state index contributed by atoms with van der Waals surface area (Å²) in [6.07, 6.45) is 2.72. The Morgan fingerprint density at radius 2 is 1.41 bits per heavy atom. The number of esters is 2. The Kier molecular flexibility index (Phi) is 5.47. The molecule has 2 aromatic rings. The van der Waals surface area contributed by atoms with E-state index in [1.165, 1.54) is 7.11 Å². The highest BCUT2D eigenvalue weighted by Crippen LogP contribution is 2.53. The van der Waals surface area contributed by atoms with Gasteiger partial charge in [0.1, 0.15) is 0 Å². The van der Waals surface area contributed by atoms with Crippen LogP contribution in [0.4, 0.5) is 0 Å². The van der Waals surface area contributed by atoms with Gasteiger partial charge in [0.2, 0.25) is 0 Å². The predicted molar refractivity (Wildman–Crippen MR) is 107 cm³/mol. The van der Waals surface area contributed by atoms with E-state index < -0.39 is 17.8 Å². The van der Waals surface area contributed by atoms with E-state index in [0.717, 1.165) is 30.4 Å². The summed E-state index contributed by atoms with van der Waals surface area (Å²) in [5.41, 5.74) is 2.58. The lowest BCUT2D eigenvalue weighted by molar-refractivity contribution is -0.161. The van der Waals surface area contributed by atoms with Crippen molar-refractivity contribution in [3.05, 3.63) is 60.2 Å². The van der Waals surface area contributed by atoms with E-state index in [4.69, 9.17) is 9.47 Å². The smallest absolute Gasteiger partial charge is 0.310 e. The Hall–Kier alpha value is -2.95. The Balaban J connectivity index is 1.38. The van der Waals surface area contributed by atoms with Gasteiger partial charge < -0.3 is 9.47 Å². The first-order chi connectivity index (χ1) is 14.1. The van der Waals surface area contributed by atoms with E-state index in [0.29, 0.717) is 5.56 Å². The number of Topliss-reactive ketones (excluding diaryl/α,β-unsaturated/α-hetero) is 1. The molecular formula is C24H24O5. The minimum atomic E-state index is -0.491. The van der Waals surface area contributed by atoms with Crippen molar-refractivity contribution in [1.29, 1.82) is 0 Å². The van der Waals surface area contributed by atoms with Gasteiger partial charge in [-0.05, 0) is 42.2 Å². The van der Waals surface area contributed by atoms with Crippen molar-refractivity contribution in [2.24, 2.45) is 23.7 Å². The first kappa shape index (κ1) is 19.4. The zero-order valence-corrected chi connectivity index (χ0v) is 16.4. The average Bonchev–Trinajstić information content (AvgIpc) is 3.39. The molecule has 0 amide bonds. The zero-order chi connectivity index (χ0) is 20.4. The molecule has 0 aromatic heterocycles. The second-order valence-corrected chi connectivity index (χ2v) is 7.88. The van der Waals surface area contributed by atoms with Crippen LogP contribution in [0.3, 0.4) is 0 Å². The second kappa shape index (κ2) is 8.19. The van der Waals surface area contributed by atoms with E-state index in [9.17, 15) is 14.4 Å². The van der Waals surface area contributed by atoms with Crippen molar-refractivity contribution in [2.45, 2.75) is 19.3 Å². The molecule has 0 spiro atoms. The first-order valence-electron chi connectivity index (χ1n) is 10.0. The molecule has 2 aliphatic carbocycles. The summed E-state index contributed by atoms with van der Waals surface area (Å²) < 4.78 is 10.2. The molecule has 4 atom stereocenters. The van der Waals surface area contributed by atoms with Crippen LogP contribution in [0.5, 0.6) is 0 Å². The first-order valence-corrected chi connectivity index (χ1v) is 10.0. The van der Waals surface area contributed by atoms with Crippen LogP contribution >= 0.6 is 0 Å². The minimum absolute atomic E-state index is 0.150. The van der Waals surface area contributed by atoms with Crippen LogP contribution in [0.25, 0.3) is 11.1 Å². The Morgan fingerprint density at radius 1 is 0.828 bits per heavy atom. The summed E-state index contributed by atoms with van der Waals surface area (Å²) in [4.78, 5) is 37.3. The lowest BCUT2D eigenvalue weighted by Gasteiger charge is -2.27. The van der Waals surface area contributed by atoms with Gasteiger partial charge in [-0.15, -0.1) is 0 Å². The summed E-state index contributed by atoms with van der Waals surface area (Å²) in [6.45, 7) is -0.314. The lowest BCUT2D eigenvalue weighted by atomic mass is 9.79. The summed E-state index contributed by atoms with van der Waals surface area (Å²) in [5, 5.41) is 0. The number of rotatable bonds is 6. The molecule has 0 heterocycles. The van der Waals surface area contributed by atoms with Gasteiger partial charge in [0.05, 0.1) is 18.9 Å². The molecule has 0 saturated heterocycles. The number of ketones is 1. The molecule has 2 aliphatic rings. The van der Waals surface area contributed by atoms with Crippen LogP contribution < -0.4 is 0 Å². The summed E-state index contributed by atoms with van der Waals surface area (Å²) >= 11 is 0. The lowest BCUT2D eigenvalue weighted by Crippen LogP contribution is -2.37. The number of ether oxygens (including phenoxy) is 2. The third-order valence-corrected chi connectivity index (χ3v) is 6.32. The van der Waals surface area contributed by atoms with E-state index in [2.05, 4.69) is 0 Å². The van der Waals surface area contributed by atoms with Crippen molar-refractivity contribution in [2.75, 3.05) is 13.7 Å². The molecule has 0 unspecified atom stereocenters. The molecular weight excluding hydrogens is 368 g/mol. The molecule has 2 aromatic carbocycles. The second-order valence-electron chi connectivity index (χ2n) is 7.88. The van der Waals surface area contributed by atoms with Crippen LogP contribution in [0.15, 0.2) is 54.6 Å². The van der Waals surface area contributed by atoms with Crippen LogP contribution in [-0.2, 0) is 19.1 Å². The monoisotopic (exact) mass is 392 g/mol. The molecule has 2 saturated carbocycles. The number of carbonyl (C=O) groups is 3. The molecule has 4 rings (SSSR count). The maximum atomic E-state index is 12.7. The van der Waals surface area contributed by atoms with E-state index in [-0.39, 0.29) is 30.2 Å². The summed E-state index contributed by atoms with van der Waals surface area (Å²) in [7, 11) is 1.35. The SMILES string of the molecule is COC(=O)[C@@H]1[C@H]2CC[C@H](C2)[C@H]1C(=O)OCC(=O)c1ccc(-c2ccccc2)cc1. The fraction of sp³-hybridized carbons (Fsp3) is 0.375. The number of methoxy groups -OCH3 is 1. The molecule has 2 bridgehead atoms. The summed E-state index contributed by atoms with van der Waals surface area (Å²) in [6, 6.07) is 17.1. The molecule has 2 fully saturated rings. The molecule has 5 nitrogen and oxygen atoms in total. The topological polar surface area (TPSA) is 69.7 Å². The van der Waals surface area contributed by atoms with Crippen LogP contribution in [0.1, 0.15) is 29.6 Å². The van der Waals surface area contributed by atoms with E-state index in [1.807, 2.05) is 42.5 Å². The van der Waals surface area contributed by atoms with Crippen molar-refractivity contribution in [3.63, 3.8) is 0 Å². The highest BCUT2D eigenvalue weighted by atomic mass is 16.5. The molecule has 0 radical (unpaired) electrons. The Bertz CT molecular complexity index is 903. The number of carbonyl (C=O) groups excluding carboxylic acids is 3. The normalized spacial score (nSPS) is 24.9. The van der Waals surface area contributed by atoms with Gasteiger partial charge in [-0.3, -0.25) is 14.4 Å². The van der Waals surface area contributed by atoms with Gasteiger partial charge in [-0.2, -0.15) is 0 Å². The predicted octanol–water partition coefficient (Wildman–Crippen LogP) is 3.91. The number of hydrogen-bond donors (Lipinski definition) is 0. The fourth-order valence-corrected chi connectivity index (χ4v) is 4.90. The van der Waals surface area contributed by atoms with Crippen molar-refractivity contribution in [1.82, 2.24) is 0 Å². The van der Waals surface area contributed by atoms with Crippen molar-refractivity contribution < 1.29 is 23.9 Å². The Morgan fingerprint density at radius 3 is 2.03 bits per heavy atom. The van der Waals surface area contributed by atoms with Crippen LogP contribution in [0, 0.1) is 23.7 Å². The van der Waals surface area contributed by atoms with Crippen molar-refractivity contribution in [3.8, 4) is 11.1 Å². The van der Waals surface area contributed by atoms with Gasteiger partial charge >= 0.3 is 11.9 Å². The fourth-order valence-electron chi connectivity index (χ4n) is 4.90. The van der Waals surface area contributed by atoms with E-state index in [1.54, 1.807) is 12.1 Å². The highest BCUT2D eigenvalue weighted by Gasteiger charge is 2.55. The maximum absolute atomic E-state index is 12.7. The van der Waals surface area contributed by atoms with Crippen LogP contribution in [-0.4, -0.2) is 31.4 Å². The van der Waals surface area contributed by atoms with Gasteiger partial charge in [-0.25, -0.2) is 0 Å². The average molecular weight is 392 g/mol. The maximum Gasteiger partial charge on any atom is 0.310 e. The third kappa shape index (κ3) is 3.82. The van der Waals surface area contributed by atoms with Gasteiger partial charge in [-0.1, -0.05) is 54.6 Å². The highest BCUT2D eigenvalue weighted by molar-refractivity contribution is 5.98. The van der Waals surface area contributed by atoms with Crippen LogP contribution in [0.2, 0.25) is 0 Å². The van der Waals surface area contributed by atoms with Gasteiger partial charge in [0.15, 0.2) is 12.4 Å².